The Kier molecular flexibility index (Phi) is 6.48. The van der Waals surface area contributed by atoms with Gasteiger partial charge in [0.05, 0.1) is 0 Å². The molecule has 3 aromatic heterocycles. The topological polar surface area (TPSA) is 44.9 Å². The minimum Gasteiger partial charge on any atom is -0.465 e. The van der Waals surface area contributed by atoms with E-state index in [1.807, 2.05) is 95.3 Å². The summed E-state index contributed by atoms with van der Waals surface area (Å²) in [5.74, 6) is 0. The molecule has 6 heteroatoms. The van der Waals surface area contributed by atoms with Crippen LogP contribution in [0.1, 0.15) is 0 Å². The van der Waals surface area contributed by atoms with E-state index < -0.39 is 0 Å². The van der Waals surface area contributed by atoms with E-state index in [2.05, 4.69) is 28.1 Å². The molecule has 0 bridgehead atoms. The number of hydrogen-bond acceptors (Lipinski definition) is 3. The molecule has 32 heavy (non-hydrogen) atoms. The molecule has 0 fully saturated rings. The average Bonchev–Trinajstić information content (AvgIpc) is 3.43. The molecule has 1 aliphatic heterocycles. The Bertz CT molecular complexity index is 1430. The van der Waals surface area contributed by atoms with Crippen molar-refractivity contribution < 1.29 is 33.7 Å². The van der Waals surface area contributed by atoms with Gasteiger partial charge in [-0.25, -0.2) is 4.98 Å². The van der Waals surface area contributed by atoms with Crippen molar-refractivity contribution in [3.8, 4) is 11.3 Å². The van der Waals surface area contributed by atoms with Crippen molar-refractivity contribution in [2.45, 2.75) is 0 Å². The first-order valence-electron chi connectivity index (χ1n) is 9.82. The molecule has 0 N–H and O–H groups in total. The van der Waals surface area contributed by atoms with Gasteiger partial charge in [0.1, 0.15) is 5.69 Å². The molecule has 0 amide bonds. The van der Waals surface area contributed by atoms with Crippen molar-refractivity contribution in [1.29, 1.82) is 0 Å². The second-order valence-electron chi connectivity index (χ2n) is 6.91. The minimum atomic E-state index is 0. The summed E-state index contributed by atoms with van der Waals surface area (Å²) in [6.07, 6.45) is 7.37. The van der Waals surface area contributed by atoms with E-state index in [4.69, 9.17) is 4.42 Å². The maximum absolute atomic E-state index is 5.72. The predicted molar refractivity (Wildman–Crippen MR) is 119 cm³/mol. The summed E-state index contributed by atoms with van der Waals surface area (Å²) in [6, 6.07) is 31.2. The van der Waals surface area contributed by atoms with Crippen LogP contribution in [0.15, 0.2) is 95.9 Å². The molecule has 0 spiro atoms. The SMILES string of the molecule is C[N+]1=C=[N+](c2[c-]c3oc4ncccc4c3cc2)C=C1.[Ir].[c-]1ccccc1-c1ccccn1. The molecule has 6 rings (SSSR count). The third-order valence-electron chi connectivity index (χ3n) is 4.77. The zero-order chi connectivity index (χ0) is 21.0. The molecule has 1 aliphatic rings. The van der Waals surface area contributed by atoms with Crippen molar-refractivity contribution in [2.24, 2.45) is 0 Å². The van der Waals surface area contributed by atoms with Crippen molar-refractivity contribution in [3.63, 3.8) is 0 Å². The molecule has 0 saturated carbocycles. The van der Waals surface area contributed by atoms with Crippen LogP contribution in [0.3, 0.4) is 0 Å². The first-order valence-corrected chi connectivity index (χ1v) is 9.82. The third kappa shape index (κ3) is 4.48. The number of hydrogen-bond donors (Lipinski definition) is 0. The fourth-order valence-corrected chi connectivity index (χ4v) is 3.28. The Labute approximate surface area is 199 Å². The van der Waals surface area contributed by atoms with Gasteiger partial charge in [-0.3, -0.25) is 0 Å². The van der Waals surface area contributed by atoms with Gasteiger partial charge in [-0.2, -0.15) is 6.07 Å². The molecule has 5 nitrogen and oxygen atoms in total. The van der Waals surface area contributed by atoms with E-state index in [1.54, 1.807) is 12.4 Å². The average molecular weight is 595 g/mol. The summed E-state index contributed by atoms with van der Waals surface area (Å²) in [6.45, 7) is 0. The molecule has 1 radical (unpaired) electrons. The van der Waals surface area contributed by atoms with Crippen LogP contribution in [0.4, 0.5) is 5.69 Å². The standard InChI is InChI=1S/C15H10N3O.C11H8N.Ir/c1-17-7-8-18(10-17)11-4-5-12-13-3-2-6-16-15(13)19-14(12)9-11;1-2-6-10(7-3-1)11-8-4-5-9-12-11;/h2-8H,1H3;1-6,8-9H;/q+1;-1;. The molecule has 5 aromatic rings. The van der Waals surface area contributed by atoms with E-state index in [0.29, 0.717) is 5.71 Å². The summed E-state index contributed by atoms with van der Waals surface area (Å²) in [5.41, 5.74) is 4.27. The molecule has 4 heterocycles. The number of nitrogens with zero attached hydrogens (tertiary/aromatic N) is 4. The molecule has 157 valence electrons. The van der Waals surface area contributed by atoms with Gasteiger partial charge >= 0.3 is 6.01 Å². The summed E-state index contributed by atoms with van der Waals surface area (Å²) >= 11 is 0. The Morgan fingerprint density at radius 3 is 2.50 bits per heavy atom. The Morgan fingerprint density at radius 2 is 1.75 bits per heavy atom. The maximum atomic E-state index is 5.72. The Hall–Kier alpha value is -3.69. The van der Waals surface area contributed by atoms with Crippen molar-refractivity contribution >= 4 is 33.8 Å². The largest absolute Gasteiger partial charge is 0.493 e. The van der Waals surface area contributed by atoms with Crippen molar-refractivity contribution in [3.05, 3.63) is 104 Å². The van der Waals surface area contributed by atoms with Crippen LogP contribution in [0.25, 0.3) is 33.3 Å². The number of pyridine rings is 2. The number of aromatic nitrogens is 2. The molecule has 2 aromatic carbocycles. The number of benzene rings is 2. The van der Waals surface area contributed by atoms with Gasteiger partial charge in [-0.15, -0.1) is 35.9 Å². The van der Waals surface area contributed by atoms with Crippen LogP contribution in [0.2, 0.25) is 0 Å². The van der Waals surface area contributed by atoms with Gasteiger partial charge in [0.15, 0.2) is 7.05 Å². The van der Waals surface area contributed by atoms with E-state index in [9.17, 15) is 0 Å². The van der Waals surface area contributed by atoms with Gasteiger partial charge in [0.25, 0.3) is 6.20 Å². The summed E-state index contributed by atoms with van der Waals surface area (Å²) in [4.78, 5) is 8.44. The second-order valence-corrected chi connectivity index (χ2v) is 6.91. The molecular weight excluding hydrogens is 577 g/mol. The van der Waals surface area contributed by atoms with E-state index in [-0.39, 0.29) is 20.1 Å². The van der Waals surface area contributed by atoms with E-state index in [0.717, 1.165) is 33.3 Å². The van der Waals surface area contributed by atoms with Gasteiger partial charge < -0.3 is 9.40 Å². The van der Waals surface area contributed by atoms with Gasteiger partial charge in [-0.05, 0) is 23.2 Å². The van der Waals surface area contributed by atoms with Gasteiger partial charge in [0.2, 0.25) is 11.9 Å². The summed E-state index contributed by atoms with van der Waals surface area (Å²) in [5, 5.41) is 2.05. The minimum absolute atomic E-state index is 0. The first-order chi connectivity index (χ1) is 15.3. The zero-order valence-corrected chi connectivity index (χ0v) is 19.6. The second kappa shape index (κ2) is 9.63. The first kappa shape index (κ1) is 21.5. The van der Waals surface area contributed by atoms with Crippen LogP contribution in [0.5, 0.6) is 0 Å². The molecule has 0 aliphatic carbocycles. The van der Waals surface area contributed by atoms with E-state index >= 15 is 0 Å². The number of furan rings is 1. The fourth-order valence-electron chi connectivity index (χ4n) is 3.28. The Morgan fingerprint density at radius 1 is 0.875 bits per heavy atom. The van der Waals surface area contributed by atoms with Crippen LogP contribution >= 0.6 is 0 Å². The summed E-state index contributed by atoms with van der Waals surface area (Å²) < 4.78 is 9.46. The van der Waals surface area contributed by atoms with Crippen molar-refractivity contribution in [2.75, 3.05) is 7.05 Å². The summed E-state index contributed by atoms with van der Waals surface area (Å²) in [7, 11) is 1.93. The molecular formula is C26H18IrN4O. The normalized spacial score (nSPS) is 12.0. The predicted octanol–water partition coefficient (Wildman–Crippen LogP) is 5.27. The van der Waals surface area contributed by atoms with Crippen LogP contribution < -0.4 is 0 Å². The van der Waals surface area contributed by atoms with E-state index in [1.165, 1.54) is 0 Å². The zero-order valence-electron chi connectivity index (χ0n) is 17.2. The monoisotopic (exact) mass is 595 g/mol. The van der Waals surface area contributed by atoms with Crippen LogP contribution in [-0.2, 0) is 20.1 Å². The fraction of sp³-hybridized carbons (Fsp3) is 0.0385. The smallest absolute Gasteiger partial charge is 0.465 e. The van der Waals surface area contributed by atoms with Gasteiger partial charge in [0, 0.05) is 38.1 Å². The molecule has 0 saturated heterocycles. The van der Waals surface area contributed by atoms with Crippen LogP contribution in [0, 0.1) is 12.1 Å². The third-order valence-corrected chi connectivity index (χ3v) is 4.77. The number of fused-ring (bicyclic) bond motifs is 3. The van der Waals surface area contributed by atoms with Gasteiger partial charge in [-0.1, -0.05) is 44.9 Å². The quantitative estimate of drug-likeness (QED) is 0.207. The maximum Gasteiger partial charge on any atom is 0.493 e. The van der Waals surface area contributed by atoms with Crippen LogP contribution in [-0.4, -0.2) is 32.2 Å². The number of rotatable bonds is 2. The molecule has 0 unspecified atom stereocenters. The van der Waals surface area contributed by atoms with Crippen molar-refractivity contribution in [1.82, 2.24) is 9.97 Å². The Balaban J connectivity index is 0.000000164. The molecule has 0 atom stereocenters.